The molecule has 0 aliphatic heterocycles. The van der Waals surface area contributed by atoms with E-state index < -0.39 is 133 Å². The van der Waals surface area contributed by atoms with Gasteiger partial charge in [-0.05, 0) is 38.5 Å². The molecule has 1 heterocycles. The molecular weight excluding hydrogens is 826 g/mol. The first-order chi connectivity index (χ1) is 28.9. The summed E-state index contributed by atoms with van der Waals surface area (Å²) in [5.74, 6) is -13.0. The zero-order valence-corrected chi connectivity index (χ0v) is 34.3. The molecule has 0 saturated carbocycles. The second-order valence-electron chi connectivity index (χ2n) is 14.5. The number of H-pyrrole nitrogens is 1. The van der Waals surface area contributed by atoms with Gasteiger partial charge in [-0.25, -0.2) is 9.78 Å². The van der Waals surface area contributed by atoms with Crippen molar-refractivity contribution in [1.29, 1.82) is 0 Å². The Morgan fingerprint density at radius 3 is 1.69 bits per heavy atom. The lowest BCUT2D eigenvalue weighted by molar-refractivity contribution is -0.145. The Hall–Kier alpha value is -6.90. The summed E-state index contributed by atoms with van der Waals surface area (Å²) in [5, 5.41) is 51.6. The van der Waals surface area contributed by atoms with Gasteiger partial charge in [0.15, 0.2) is 12.0 Å². The lowest BCUT2D eigenvalue weighted by atomic mass is 10.0. The average Bonchev–Trinajstić information content (AvgIpc) is 3.67. The van der Waals surface area contributed by atoms with Gasteiger partial charge in [0.05, 0.1) is 31.3 Å². The zero-order valence-electron chi connectivity index (χ0n) is 34.3. The fraction of sp³-hybridized carbons (Fsp3) is 0.600. The van der Waals surface area contributed by atoms with Gasteiger partial charge in [-0.1, -0.05) is 13.8 Å². The molecule has 62 heavy (non-hydrogen) atoms. The second-order valence-corrected chi connectivity index (χ2v) is 14.5. The summed E-state index contributed by atoms with van der Waals surface area (Å²) in [6.45, 7) is 4.57. The number of imidazole rings is 1. The van der Waals surface area contributed by atoms with Crippen molar-refractivity contribution in [3.05, 3.63) is 18.2 Å². The molecule has 1 aromatic rings. The highest BCUT2D eigenvalue weighted by Crippen LogP contribution is 2.10. The highest BCUT2D eigenvalue weighted by atomic mass is 16.4. The van der Waals surface area contributed by atoms with Crippen molar-refractivity contribution < 1.29 is 68.4 Å². The van der Waals surface area contributed by atoms with Gasteiger partial charge in [-0.15, -0.1) is 0 Å². The molecule has 0 bridgehead atoms. The highest BCUT2D eigenvalue weighted by molar-refractivity contribution is 5.99. The summed E-state index contributed by atoms with van der Waals surface area (Å²) in [5.41, 5.74) is 22.1. The van der Waals surface area contributed by atoms with Crippen LogP contribution < -0.4 is 54.8 Å². The third-order valence-corrected chi connectivity index (χ3v) is 8.63. The Labute approximate surface area is 354 Å². The smallest absolute Gasteiger partial charge is 0.328 e. The number of aromatic nitrogens is 2. The molecule has 0 unspecified atom stereocenters. The van der Waals surface area contributed by atoms with E-state index >= 15 is 0 Å². The van der Waals surface area contributed by atoms with Crippen LogP contribution in [0.1, 0.15) is 71.4 Å². The summed E-state index contributed by atoms with van der Waals surface area (Å²) >= 11 is 0. The van der Waals surface area contributed by atoms with Gasteiger partial charge in [0.2, 0.25) is 41.4 Å². The van der Waals surface area contributed by atoms with E-state index in [1.165, 1.54) is 12.5 Å². The Bertz CT molecular complexity index is 1770. The molecule has 0 radical (unpaired) electrons. The van der Waals surface area contributed by atoms with Gasteiger partial charge in [-0.2, -0.15) is 0 Å². The standard InChI is InChI=1S/C35H57N13O14/c1-15(2)9-20(30(57)45-21(10-17-13-40-14-42-17)33(60)48-27(16(3)49)34(61)62)44-31(58)22(11-24(37)50)46-32(59)23(12-26(53)54)47-29(56)19(6-7-25(51)52)43-28(55)18(36)5-4-8-41-35(38)39/h13-16,18-23,27,49H,4-12,36H2,1-3H3,(H2,37,50)(H,40,42)(H,43,55)(H,44,58)(H,45,57)(H,46,59)(H,47,56)(H,48,60)(H,51,52)(H,53,54)(H,61,62)(H4,38,39,41)/t16-,18+,19+,20+,21+,22+,23+,27+/m1/s1. The minimum Gasteiger partial charge on any atom is -0.481 e. The van der Waals surface area contributed by atoms with Crippen LogP contribution >= 0.6 is 0 Å². The van der Waals surface area contributed by atoms with Crippen molar-refractivity contribution in [3.8, 4) is 0 Å². The number of aliphatic hydroxyl groups is 1. The number of nitrogens with zero attached hydrogens (tertiary/aromatic N) is 2. The average molecular weight is 884 g/mol. The molecule has 0 spiro atoms. The van der Waals surface area contributed by atoms with E-state index in [2.05, 4.69) is 46.9 Å². The number of carboxylic acid groups (broad SMARTS) is 3. The molecule has 0 aromatic carbocycles. The van der Waals surface area contributed by atoms with Crippen molar-refractivity contribution in [2.24, 2.45) is 33.8 Å². The molecule has 346 valence electrons. The number of carbonyl (C=O) groups is 10. The number of primary amides is 1. The Balaban J connectivity index is 3.35. The van der Waals surface area contributed by atoms with Crippen LogP contribution in [0.15, 0.2) is 17.5 Å². The fourth-order valence-corrected chi connectivity index (χ4v) is 5.52. The van der Waals surface area contributed by atoms with E-state index in [1.54, 1.807) is 13.8 Å². The third kappa shape index (κ3) is 20.4. The first kappa shape index (κ1) is 53.1. The molecule has 0 aliphatic carbocycles. The van der Waals surface area contributed by atoms with Gasteiger partial charge >= 0.3 is 17.9 Å². The Kier molecular flexibility index (Phi) is 22.6. The van der Waals surface area contributed by atoms with Crippen molar-refractivity contribution in [1.82, 2.24) is 41.9 Å². The molecule has 8 atom stereocenters. The van der Waals surface area contributed by atoms with Crippen LogP contribution in [0, 0.1) is 5.92 Å². The molecule has 19 N–H and O–H groups in total. The number of aromatic amines is 1. The SMILES string of the molecule is CC(C)C[C@H](NC(=O)[C@H](CC(N)=O)NC(=O)[C@H](CC(=O)O)NC(=O)[C@H](CCC(=O)O)NC(=O)[C@@H](N)CCCN=C(N)N)C(=O)N[C@@H](Cc1cnc[nH]1)C(=O)N[C@H](C(=O)O)[C@@H](C)O. The van der Waals surface area contributed by atoms with Crippen molar-refractivity contribution in [2.75, 3.05) is 6.54 Å². The van der Waals surface area contributed by atoms with Gasteiger partial charge in [0.1, 0.15) is 30.2 Å². The van der Waals surface area contributed by atoms with Gasteiger partial charge < -0.3 is 80.2 Å². The fourth-order valence-electron chi connectivity index (χ4n) is 5.52. The maximum Gasteiger partial charge on any atom is 0.328 e. The van der Waals surface area contributed by atoms with Gasteiger partial charge in [0, 0.05) is 31.3 Å². The number of aliphatic imine (C=N–C) groups is 1. The van der Waals surface area contributed by atoms with E-state index in [0.29, 0.717) is 5.69 Å². The van der Waals surface area contributed by atoms with E-state index in [1.807, 2.05) is 0 Å². The molecule has 1 rings (SSSR count). The quantitative estimate of drug-likeness (QED) is 0.0202. The molecule has 27 heteroatoms. The lowest BCUT2D eigenvalue weighted by Gasteiger charge is -2.27. The van der Waals surface area contributed by atoms with Crippen LogP contribution in [-0.2, 0) is 54.4 Å². The van der Waals surface area contributed by atoms with Gasteiger partial charge in [0.25, 0.3) is 0 Å². The van der Waals surface area contributed by atoms with Crippen LogP contribution in [0.4, 0.5) is 0 Å². The summed E-state index contributed by atoms with van der Waals surface area (Å²) < 4.78 is 0. The van der Waals surface area contributed by atoms with Crippen LogP contribution in [0.5, 0.6) is 0 Å². The number of aliphatic hydroxyl groups excluding tert-OH is 1. The first-order valence-electron chi connectivity index (χ1n) is 19.1. The molecule has 1 aromatic heterocycles. The largest absolute Gasteiger partial charge is 0.481 e. The number of aliphatic carboxylic acids is 3. The molecule has 7 amide bonds. The molecule has 27 nitrogen and oxygen atoms in total. The molecule has 0 saturated heterocycles. The number of carbonyl (C=O) groups excluding carboxylic acids is 7. The summed E-state index contributed by atoms with van der Waals surface area (Å²) in [6, 6.07) is -11.6. The van der Waals surface area contributed by atoms with Crippen molar-refractivity contribution in [2.45, 2.75) is 121 Å². The number of nitrogens with two attached hydrogens (primary N) is 4. The van der Waals surface area contributed by atoms with Gasteiger partial charge in [-0.3, -0.25) is 48.1 Å². The molecule has 0 aliphatic rings. The highest BCUT2D eigenvalue weighted by Gasteiger charge is 2.36. The number of hydrogen-bond donors (Lipinski definition) is 15. The normalized spacial score (nSPS) is 14.8. The van der Waals surface area contributed by atoms with E-state index in [-0.39, 0.29) is 44.1 Å². The number of hydrogen-bond acceptors (Lipinski definition) is 14. The summed E-state index contributed by atoms with van der Waals surface area (Å²) in [6.07, 6.45) is -2.30. The van der Waals surface area contributed by atoms with Crippen LogP contribution in [-0.4, -0.2) is 151 Å². The van der Waals surface area contributed by atoms with Crippen LogP contribution in [0.2, 0.25) is 0 Å². The molecule has 0 fully saturated rings. The van der Waals surface area contributed by atoms with E-state index in [0.717, 1.165) is 6.92 Å². The number of nitrogens with one attached hydrogen (secondary N) is 7. The van der Waals surface area contributed by atoms with Crippen LogP contribution in [0.3, 0.4) is 0 Å². The van der Waals surface area contributed by atoms with E-state index in [4.69, 9.17) is 22.9 Å². The monoisotopic (exact) mass is 883 g/mol. The Morgan fingerprint density at radius 1 is 0.694 bits per heavy atom. The lowest BCUT2D eigenvalue weighted by Crippen LogP contribution is -2.61. The van der Waals surface area contributed by atoms with Crippen LogP contribution in [0.25, 0.3) is 0 Å². The Morgan fingerprint density at radius 2 is 1.21 bits per heavy atom. The maximum atomic E-state index is 13.7. The van der Waals surface area contributed by atoms with E-state index in [9.17, 15) is 68.4 Å². The second kappa shape index (κ2) is 26.3. The number of guanidine groups is 1. The number of amides is 7. The predicted molar refractivity (Wildman–Crippen MR) is 213 cm³/mol. The minimum atomic E-state index is -2.01. The predicted octanol–water partition coefficient (Wildman–Crippen LogP) is -6.03. The minimum absolute atomic E-state index is 0.0290. The maximum absolute atomic E-state index is 13.7. The first-order valence-corrected chi connectivity index (χ1v) is 19.1. The summed E-state index contributed by atoms with van der Waals surface area (Å²) in [7, 11) is 0. The van der Waals surface area contributed by atoms with Crippen molar-refractivity contribution >= 4 is 65.2 Å². The zero-order chi connectivity index (χ0) is 47.3. The summed E-state index contributed by atoms with van der Waals surface area (Å²) in [4.78, 5) is 138. The number of carboxylic acids is 3. The van der Waals surface area contributed by atoms with Crippen molar-refractivity contribution in [3.63, 3.8) is 0 Å². The topological polar surface area (TPSA) is 469 Å². The molecular formula is C35H57N13O14. The third-order valence-electron chi connectivity index (χ3n) is 8.63. The number of rotatable bonds is 29.